The number of likely N-dealkylation sites (N-methyl/N-ethyl adjacent to an activating group) is 1. The van der Waals surface area contributed by atoms with Gasteiger partial charge in [-0.25, -0.2) is 5.06 Å². The molecule has 212 valence electrons. The number of hydroxylamine groups is 1. The fourth-order valence-electron chi connectivity index (χ4n) is 6.10. The van der Waals surface area contributed by atoms with Crippen molar-refractivity contribution >= 4 is 29.0 Å². The normalized spacial score (nSPS) is 21.1. The van der Waals surface area contributed by atoms with Crippen LogP contribution in [0.1, 0.15) is 30.9 Å². The van der Waals surface area contributed by atoms with Gasteiger partial charge in [0.15, 0.2) is 5.82 Å². The summed E-state index contributed by atoms with van der Waals surface area (Å²) in [6.45, 7) is 7.43. The third-order valence-corrected chi connectivity index (χ3v) is 8.38. The van der Waals surface area contributed by atoms with Gasteiger partial charge in [0.2, 0.25) is 5.95 Å². The van der Waals surface area contributed by atoms with E-state index in [-0.39, 0.29) is 12.0 Å². The number of anilines is 5. The number of piperazine rings is 1. The number of ether oxygens (including phenoxy) is 1. The van der Waals surface area contributed by atoms with Crippen molar-refractivity contribution in [1.29, 1.82) is 0 Å². The Labute approximate surface area is 236 Å². The van der Waals surface area contributed by atoms with Crippen LogP contribution in [0, 0.1) is 0 Å². The second kappa shape index (κ2) is 11.9. The number of rotatable bonds is 7. The molecule has 6 rings (SSSR count). The quantitative estimate of drug-likeness (QED) is 0.456. The lowest BCUT2D eigenvalue weighted by atomic mass is 10.0. The summed E-state index contributed by atoms with van der Waals surface area (Å²) in [5.41, 5.74) is 9.32. The van der Waals surface area contributed by atoms with Gasteiger partial charge in [0, 0.05) is 69.6 Å². The van der Waals surface area contributed by atoms with Crippen LogP contribution >= 0.6 is 0 Å². The van der Waals surface area contributed by atoms with Crippen molar-refractivity contribution in [1.82, 2.24) is 19.8 Å². The van der Waals surface area contributed by atoms with Gasteiger partial charge in [0.25, 0.3) is 0 Å². The van der Waals surface area contributed by atoms with Crippen LogP contribution in [0.3, 0.4) is 0 Å². The molecule has 10 nitrogen and oxygen atoms in total. The number of nitrogens with two attached hydrogens (primary N) is 1. The Morgan fingerprint density at radius 1 is 0.925 bits per heavy atom. The predicted molar refractivity (Wildman–Crippen MR) is 159 cm³/mol. The Bertz CT molecular complexity index is 1280. The van der Waals surface area contributed by atoms with Crippen LogP contribution in [-0.2, 0) is 4.84 Å². The van der Waals surface area contributed by atoms with E-state index in [9.17, 15) is 0 Å². The lowest BCUT2D eigenvalue weighted by molar-refractivity contribution is 0.0982. The number of nitrogens with one attached hydrogen (secondary N) is 1. The first kappa shape index (κ1) is 26.6. The van der Waals surface area contributed by atoms with Crippen molar-refractivity contribution in [3.8, 4) is 5.75 Å². The molecular weight excluding hydrogens is 504 g/mol. The number of nitrogens with zero attached hydrogens (tertiary/aromatic N) is 6. The molecule has 2 aromatic carbocycles. The Balaban J connectivity index is 1.14. The predicted octanol–water partition coefficient (Wildman–Crippen LogP) is 3.91. The van der Waals surface area contributed by atoms with Gasteiger partial charge in [0.05, 0.1) is 25.4 Å². The summed E-state index contributed by atoms with van der Waals surface area (Å²) in [4.78, 5) is 22.5. The van der Waals surface area contributed by atoms with E-state index >= 15 is 0 Å². The smallest absolute Gasteiger partial charge is 0.224 e. The fraction of sp³-hybridized carbons (Fsp3) is 0.467. The monoisotopic (exact) mass is 544 g/mol. The fourth-order valence-corrected chi connectivity index (χ4v) is 6.10. The molecule has 3 fully saturated rings. The van der Waals surface area contributed by atoms with Crippen LogP contribution in [0.25, 0.3) is 0 Å². The lowest BCUT2D eigenvalue weighted by Gasteiger charge is -2.42. The zero-order chi connectivity index (χ0) is 27.5. The van der Waals surface area contributed by atoms with Crippen molar-refractivity contribution in [3.63, 3.8) is 0 Å². The number of piperidine rings is 1. The molecule has 10 heteroatoms. The summed E-state index contributed by atoms with van der Waals surface area (Å²) in [6.07, 6.45) is 3.26. The molecule has 3 aliphatic heterocycles. The van der Waals surface area contributed by atoms with Gasteiger partial charge < -0.3 is 25.6 Å². The van der Waals surface area contributed by atoms with Crippen LogP contribution in [0.15, 0.2) is 54.6 Å². The Morgan fingerprint density at radius 3 is 2.45 bits per heavy atom. The van der Waals surface area contributed by atoms with Gasteiger partial charge >= 0.3 is 0 Å². The van der Waals surface area contributed by atoms with Crippen molar-refractivity contribution in [2.45, 2.75) is 31.3 Å². The van der Waals surface area contributed by atoms with Gasteiger partial charge in [-0.15, -0.1) is 0 Å². The zero-order valence-corrected chi connectivity index (χ0v) is 23.5. The topological polar surface area (TPSA) is 95.2 Å². The second-order valence-corrected chi connectivity index (χ2v) is 10.9. The van der Waals surface area contributed by atoms with E-state index in [2.05, 4.69) is 67.4 Å². The molecule has 1 atom stereocenters. The lowest BCUT2D eigenvalue weighted by Crippen LogP contribution is -2.52. The van der Waals surface area contributed by atoms with E-state index < -0.39 is 0 Å². The molecule has 3 saturated heterocycles. The summed E-state index contributed by atoms with van der Waals surface area (Å²) >= 11 is 0. The minimum atomic E-state index is 0.0672. The molecule has 1 aromatic heterocycles. The molecule has 3 N–H and O–H groups in total. The molecule has 0 saturated carbocycles. The van der Waals surface area contributed by atoms with E-state index in [1.165, 1.54) is 50.3 Å². The van der Waals surface area contributed by atoms with Crippen LogP contribution in [0.5, 0.6) is 5.75 Å². The first-order valence-electron chi connectivity index (χ1n) is 14.3. The highest BCUT2D eigenvalue weighted by molar-refractivity contribution is 5.70. The molecule has 3 aromatic rings. The minimum Gasteiger partial charge on any atom is -0.494 e. The highest BCUT2D eigenvalue weighted by atomic mass is 16.7. The maximum atomic E-state index is 6.14. The van der Waals surface area contributed by atoms with Crippen molar-refractivity contribution in [2.75, 3.05) is 81.0 Å². The van der Waals surface area contributed by atoms with Gasteiger partial charge in [-0.3, -0.25) is 9.74 Å². The number of benzene rings is 2. The zero-order valence-electron chi connectivity index (χ0n) is 23.5. The number of hydrogen-bond donors (Lipinski definition) is 2. The molecule has 0 bridgehead atoms. The average molecular weight is 545 g/mol. The van der Waals surface area contributed by atoms with E-state index in [4.69, 9.17) is 15.3 Å². The third kappa shape index (κ3) is 5.79. The maximum Gasteiger partial charge on any atom is 0.224 e. The second-order valence-electron chi connectivity index (χ2n) is 10.9. The Hall–Kier alpha value is -3.60. The minimum absolute atomic E-state index is 0.0672. The average Bonchev–Trinajstić information content (AvgIpc) is 3.48. The van der Waals surface area contributed by atoms with Crippen LogP contribution in [0.2, 0.25) is 0 Å². The molecule has 1 unspecified atom stereocenters. The highest BCUT2D eigenvalue weighted by Gasteiger charge is 2.30. The number of nitrogen functional groups attached to an aromatic ring is 1. The summed E-state index contributed by atoms with van der Waals surface area (Å²) in [5, 5.41) is 5.24. The SMILES string of the molecule is COc1cc(N2CCC(N3CCN(C)CC3)CC2)ccc1Nc1cc(N2OCCC2c2ccccc2)nc(N)n1. The van der Waals surface area contributed by atoms with Crippen LogP contribution < -0.4 is 25.8 Å². The standard InChI is InChI=1S/C30H40N8O2/c1-35-15-17-37(18-16-35)23-10-13-36(14-11-23)24-8-9-25(27(20-24)39-2)32-28-21-29(34-30(31)33-28)38-26(12-19-40-38)22-6-4-3-5-7-22/h3-9,20-21,23,26H,10-19H2,1-2H3,(H3,31,32,33,34). The van der Waals surface area contributed by atoms with Crippen LogP contribution in [0.4, 0.5) is 29.0 Å². The van der Waals surface area contributed by atoms with Crippen LogP contribution in [-0.4, -0.2) is 85.8 Å². The van der Waals surface area contributed by atoms with Crippen molar-refractivity contribution < 1.29 is 9.57 Å². The molecule has 0 aliphatic carbocycles. The van der Waals surface area contributed by atoms with Gasteiger partial charge in [-0.05, 0) is 37.6 Å². The van der Waals surface area contributed by atoms with Gasteiger partial charge in [-0.2, -0.15) is 9.97 Å². The number of methoxy groups -OCH3 is 1. The van der Waals surface area contributed by atoms with Crippen molar-refractivity contribution in [2.24, 2.45) is 0 Å². The Kier molecular flexibility index (Phi) is 7.90. The maximum absolute atomic E-state index is 6.14. The highest BCUT2D eigenvalue weighted by Crippen LogP contribution is 2.37. The molecule has 0 amide bonds. The Morgan fingerprint density at radius 2 is 1.70 bits per heavy atom. The van der Waals surface area contributed by atoms with Gasteiger partial charge in [-0.1, -0.05) is 30.3 Å². The van der Waals surface area contributed by atoms with E-state index in [0.29, 0.717) is 24.3 Å². The third-order valence-electron chi connectivity index (χ3n) is 8.38. The molecular formula is C30H40N8O2. The van der Waals surface area contributed by atoms with E-state index in [1.54, 1.807) is 7.11 Å². The first-order chi connectivity index (χ1) is 19.6. The van der Waals surface area contributed by atoms with E-state index in [1.807, 2.05) is 29.3 Å². The van der Waals surface area contributed by atoms with Gasteiger partial charge in [0.1, 0.15) is 11.6 Å². The molecule has 0 spiro atoms. The molecule has 0 radical (unpaired) electrons. The van der Waals surface area contributed by atoms with Crippen molar-refractivity contribution in [3.05, 3.63) is 60.2 Å². The first-order valence-corrected chi connectivity index (χ1v) is 14.3. The molecule has 4 heterocycles. The molecule has 3 aliphatic rings. The number of aromatic nitrogens is 2. The number of hydrogen-bond acceptors (Lipinski definition) is 10. The summed E-state index contributed by atoms with van der Waals surface area (Å²) in [6, 6.07) is 19.3. The summed E-state index contributed by atoms with van der Waals surface area (Å²) in [7, 11) is 3.92. The summed E-state index contributed by atoms with van der Waals surface area (Å²) < 4.78 is 5.80. The largest absolute Gasteiger partial charge is 0.494 e. The van der Waals surface area contributed by atoms with E-state index in [0.717, 1.165) is 30.9 Å². The molecule has 40 heavy (non-hydrogen) atoms. The summed E-state index contributed by atoms with van der Waals surface area (Å²) in [5.74, 6) is 2.15.